The highest BCUT2D eigenvalue weighted by atomic mass is 15.4. The molecular weight excluding hydrogens is 276 g/mol. The van der Waals surface area contributed by atoms with E-state index in [0.717, 1.165) is 25.3 Å². The summed E-state index contributed by atoms with van der Waals surface area (Å²) >= 11 is 0. The molecule has 1 aliphatic heterocycles. The predicted octanol–water partition coefficient (Wildman–Crippen LogP) is 1.93. The van der Waals surface area contributed by atoms with Gasteiger partial charge in [-0.15, -0.1) is 5.10 Å². The molecule has 0 saturated carbocycles. The average Bonchev–Trinajstić information content (AvgIpc) is 2.83. The Morgan fingerprint density at radius 3 is 2.95 bits per heavy atom. The number of anilines is 3. The van der Waals surface area contributed by atoms with Gasteiger partial charge in [-0.2, -0.15) is 10.1 Å². The lowest BCUT2D eigenvalue weighted by atomic mass is 10.1. The minimum absolute atomic E-state index is 0.344. The van der Waals surface area contributed by atoms with Crippen molar-refractivity contribution in [2.45, 2.75) is 19.4 Å². The fourth-order valence-electron chi connectivity index (χ4n) is 2.76. The number of nitrogens with zero attached hydrogens (tertiary/aromatic N) is 5. The molecule has 0 spiro atoms. The monoisotopic (exact) mass is 298 g/mol. The van der Waals surface area contributed by atoms with Gasteiger partial charge in [0.05, 0.1) is 6.20 Å². The molecule has 0 radical (unpaired) electrons. The second kappa shape index (κ2) is 6.27. The van der Waals surface area contributed by atoms with Crippen molar-refractivity contribution in [3.05, 3.63) is 36.0 Å². The highest BCUT2D eigenvalue weighted by molar-refractivity contribution is 5.67. The molecule has 1 atom stereocenters. The van der Waals surface area contributed by atoms with Crippen LogP contribution in [0.5, 0.6) is 0 Å². The fourth-order valence-corrected chi connectivity index (χ4v) is 2.76. The molecule has 1 aliphatic rings. The highest BCUT2D eigenvalue weighted by Gasteiger charge is 2.28. The SMILES string of the molecule is CC1Cc2ccccc2N1c1nncc(NCCN(C)C)n1. The van der Waals surface area contributed by atoms with Gasteiger partial charge in [0.2, 0.25) is 0 Å². The quantitative estimate of drug-likeness (QED) is 0.910. The molecular formula is C16H22N6. The molecule has 1 unspecified atom stereocenters. The minimum atomic E-state index is 0.344. The normalized spacial score (nSPS) is 16.9. The summed E-state index contributed by atoms with van der Waals surface area (Å²) in [6.45, 7) is 3.97. The molecule has 3 rings (SSSR count). The van der Waals surface area contributed by atoms with Crippen LogP contribution in [0.3, 0.4) is 0 Å². The third-order valence-electron chi connectivity index (χ3n) is 3.84. The number of likely N-dealkylation sites (N-methyl/N-ethyl adjacent to an activating group) is 1. The Morgan fingerprint density at radius 2 is 2.14 bits per heavy atom. The molecule has 0 saturated heterocycles. The molecule has 1 aromatic carbocycles. The standard InChI is InChI=1S/C16H22N6/c1-12-10-13-6-4-5-7-14(13)22(12)16-19-15(11-18-20-16)17-8-9-21(2)3/h4-7,11-12H,8-10H2,1-3H3,(H,17,19,20). The van der Waals surface area contributed by atoms with E-state index in [1.54, 1.807) is 6.20 Å². The fraction of sp³-hybridized carbons (Fsp3) is 0.438. The second-order valence-corrected chi connectivity index (χ2v) is 5.92. The number of nitrogens with one attached hydrogen (secondary N) is 1. The first-order valence-corrected chi connectivity index (χ1v) is 7.60. The summed E-state index contributed by atoms with van der Waals surface area (Å²) in [6, 6.07) is 8.76. The number of rotatable bonds is 5. The van der Waals surface area contributed by atoms with Gasteiger partial charge in [-0.1, -0.05) is 18.2 Å². The topological polar surface area (TPSA) is 57.2 Å². The van der Waals surface area contributed by atoms with Crippen LogP contribution < -0.4 is 10.2 Å². The summed E-state index contributed by atoms with van der Waals surface area (Å²) < 4.78 is 0. The smallest absolute Gasteiger partial charge is 0.252 e. The summed E-state index contributed by atoms with van der Waals surface area (Å²) in [5.74, 6) is 1.43. The van der Waals surface area contributed by atoms with Crippen molar-refractivity contribution in [2.75, 3.05) is 37.4 Å². The highest BCUT2D eigenvalue weighted by Crippen LogP contribution is 2.36. The summed E-state index contributed by atoms with van der Waals surface area (Å²) in [6.07, 6.45) is 2.68. The van der Waals surface area contributed by atoms with E-state index in [2.05, 4.69) is 61.5 Å². The van der Waals surface area contributed by atoms with Gasteiger partial charge in [0.1, 0.15) is 0 Å². The van der Waals surface area contributed by atoms with Crippen molar-refractivity contribution in [1.82, 2.24) is 20.1 Å². The maximum absolute atomic E-state index is 4.62. The summed E-state index contributed by atoms with van der Waals surface area (Å²) in [5.41, 5.74) is 2.52. The van der Waals surface area contributed by atoms with E-state index in [9.17, 15) is 0 Å². The van der Waals surface area contributed by atoms with Gasteiger partial charge < -0.3 is 15.1 Å². The van der Waals surface area contributed by atoms with Gasteiger partial charge >= 0.3 is 0 Å². The zero-order valence-corrected chi connectivity index (χ0v) is 13.3. The molecule has 0 amide bonds. The van der Waals surface area contributed by atoms with E-state index in [0.29, 0.717) is 12.0 Å². The maximum Gasteiger partial charge on any atom is 0.252 e. The van der Waals surface area contributed by atoms with E-state index in [4.69, 9.17) is 0 Å². The number of aromatic nitrogens is 3. The average molecular weight is 298 g/mol. The van der Waals surface area contributed by atoms with E-state index in [1.807, 2.05) is 14.1 Å². The van der Waals surface area contributed by atoms with Crippen LogP contribution in [0, 0.1) is 0 Å². The van der Waals surface area contributed by atoms with Gasteiger partial charge in [0.25, 0.3) is 5.95 Å². The molecule has 0 bridgehead atoms. The molecule has 116 valence electrons. The van der Waals surface area contributed by atoms with Crippen LogP contribution in [0.2, 0.25) is 0 Å². The maximum atomic E-state index is 4.62. The lowest BCUT2D eigenvalue weighted by Crippen LogP contribution is -2.27. The minimum Gasteiger partial charge on any atom is -0.367 e. The molecule has 0 fully saturated rings. The number of benzene rings is 1. The van der Waals surface area contributed by atoms with Gasteiger partial charge in [0, 0.05) is 24.8 Å². The summed E-state index contributed by atoms with van der Waals surface area (Å²) in [7, 11) is 4.10. The first-order chi connectivity index (χ1) is 10.6. The van der Waals surface area contributed by atoms with Crippen LogP contribution in [0.15, 0.2) is 30.5 Å². The lowest BCUT2D eigenvalue weighted by molar-refractivity contribution is 0.425. The molecule has 1 aromatic heterocycles. The van der Waals surface area contributed by atoms with Crippen LogP contribution in [0.1, 0.15) is 12.5 Å². The summed E-state index contributed by atoms with van der Waals surface area (Å²) in [5, 5.41) is 11.6. The second-order valence-electron chi connectivity index (χ2n) is 5.92. The summed E-state index contributed by atoms with van der Waals surface area (Å²) in [4.78, 5) is 8.92. The third-order valence-corrected chi connectivity index (χ3v) is 3.84. The van der Waals surface area contributed by atoms with Crippen molar-refractivity contribution < 1.29 is 0 Å². The van der Waals surface area contributed by atoms with Crippen molar-refractivity contribution in [2.24, 2.45) is 0 Å². The van der Waals surface area contributed by atoms with Crippen LogP contribution in [-0.4, -0.2) is 53.3 Å². The number of para-hydroxylation sites is 1. The number of hydrogen-bond acceptors (Lipinski definition) is 6. The molecule has 2 aromatic rings. The van der Waals surface area contributed by atoms with Gasteiger partial charge in [-0.05, 0) is 39.1 Å². The number of fused-ring (bicyclic) bond motifs is 1. The van der Waals surface area contributed by atoms with Crippen LogP contribution in [0.4, 0.5) is 17.5 Å². The first-order valence-electron chi connectivity index (χ1n) is 7.60. The Bertz CT molecular complexity index is 642. The Labute approximate surface area is 131 Å². The third kappa shape index (κ3) is 3.01. The zero-order chi connectivity index (χ0) is 15.5. The first kappa shape index (κ1) is 14.7. The van der Waals surface area contributed by atoms with Gasteiger partial charge in [-0.25, -0.2) is 0 Å². The van der Waals surface area contributed by atoms with Crippen LogP contribution in [0.25, 0.3) is 0 Å². The van der Waals surface area contributed by atoms with E-state index in [1.165, 1.54) is 11.3 Å². The molecule has 1 N–H and O–H groups in total. The Hall–Kier alpha value is -2.21. The van der Waals surface area contributed by atoms with Crippen molar-refractivity contribution in [1.29, 1.82) is 0 Å². The van der Waals surface area contributed by atoms with Gasteiger partial charge in [-0.3, -0.25) is 0 Å². The van der Waals surface area contributed by atoms with Crippen LogP contribution in [-0.2, 0) is 6.42 Å². The molecule has 22 heavy (non-hydrogen) atoms. The molecule has 0 aliphatic carbocycles. The Kier molecular flexibility index (Phi) is 4.20. The van der Waals surface area contributed by atoms with E-state index in [-0.39, 0.29) is 0 Å². The number of hydrogen-bond donors (Lipinski definition) is 1. The lowest BCUT2D eigenvalue weighted by Gasteiger charge is -2.22. The van der Waals surface area contributed by atoms with E-state index >= 15 is 0 Å². The molecule has 2 heterocycles. The predicted molar refractivity (Wildman–Crippen MR) is 88.6 cm³/mol. The van der Waals surface area contributed by atoms with E-state index < -0.39 is 0 Å². The van der Waals surface area contributed by atoms with Crippen molar-refractivity contribution in [3.63, 3.8) is 0 Å². The Morgan fingerprint density at radius 1 is 1.32 bits per heavy atom. The van der Waals surface area contributed by atoms with Crippen molar-refractivity contribution in [3.8, 4) is 0 Å². The van der Waals surface area contributed by atoms with Crippen molar-refractivity contribution >= 4 is 17.5 Å². The molecule has 6 heteroatoms. The Balaban J connectivity index is 1.80. The molecule has 6 nitrogen and oxygen atoms in total. The van der Waals surface area contributed by atoms with Crippen LogP contribution >= 0.6 is 0 Å². The zero-order valence-electron chi connectivity index (χ0n) is 13.3. The largest absolute Gasteiger partial charge is 0.367 e. The van der Waals surface area contributed by atoms with Gasteiger partial charge in [0.15, 0.2) is 5.82 Å².